The van der Waals surface area contributed by atoms with E-state index in [4.69, 9.17) is 0 Å². The highest BCUT2D eigenvalue weighted by Gasteiger charge is 2.44. The van der Waals surface area contributed by atoms with E-state index in [1.165, 1.54) is 5.56 Å². The number of nitrogens with one attached hydrogen (secondary N) is 1. The topological polar surface area (TPSA) is 49.3 Å². The molecule has 2 atom stereocenters. The highest BCUT2D eigenvalue weighted by molar-refractivity contribution is 7.99. The lowest BCUT2D eigenvalue weighted by molar-refractivity contribution is -0.123. The van der Waals surface area contributed by atoms with Gasteiger partial charge in [0.05, 0.1) is 5.60 Å². The van der Waals surface area contributed by atoms with E-state index in [0.29, 0.717) is 12.5 Å². The van der Waals surface area contributed by atoms with Crippen LogP contribution in [0, 0.1) is 5.92 Å². The molecule has 4 heteroatoms. The second-order valence-electron chi connectivity index (χ2n) is 5.91. The maximum Gasteiger partial charge on any atom is 0.223 e. The normalized spacial score (nSPS) is 27.9. The van der Waals surface area contributed by atoms with Gasteiger partial charge >= 0.3 is 0 Å². The summed E-state index contributed by atoms with van der Waals surface area (Å²) in [6.45, 7) is 0.407. The summed E-state index contributed by atoms with van der Waals surface area (Å²) in [5.74, 6) is 2.54. The van der Waals surface area contributed by atoms with Crippen LogP contribution < -0.4 is 5.32 Å². The lowest BCUT2D eigenvalue weighted by atomic mass is 9.97. The van der Waals surface area contributed by atoms with E-state index < -0.39 is 5.60 Å². The summed E-state index contributed by atoms with van der Waals surface area (Å²) in [6.07, 6.45) is 2.50. The quantitative estimate of drug-likeness (QED) is 0.894. The van der Waals surface area contributed by atoms with E-state index in [1.807, 2.05) is 30.0 Å². The second kappa shape index (κ2) is 5.78. The Morgan fingerprint density at radius 1 is 1.30 bits per heavy atom. The van der Waals surface area contributed by atoms with Gasteiger partial charge in [0, 0.05) is 12.5 Å². The average Bonchev–Trinajstić information content (AvgIpc) is 3.27. The first-order valence-corrected chi connectivity index (χ1v) is 8.46. The predicted molar refractivity (Wildman–Crippen MR) is 81.8 cm³/mol. The number of rotatable bonds is 4. The van der Waals surface area contributed by atoms with E-state index >= 15 is 0 Å². The molecule has 1 aromatic carbocycles. The van der Waals surface area contributed by atoms with Gasteiger partial charge in [0.25, 0.3) is 0 Å². The summed E-state index contributed by atoms with van der Waals surface area (Å²) in [6, 6.07) is 10.2. The number of hydrogen-bond donors (Lipinski definition) is 2. The first kappa shape index (κ1) is 14.0. The molecule has 1 aromatic rings. The zero-order chi connectivity index (χ0) is 14.0. The number of benzene rings is 1. The third-order valence-electron chi connectivity index (χ3n) is 4.37. The number of amides is 1. The zero-order valence-electron chi connectivity index (χ0n) is 11.5. The summed E-state index contributed by atoms with van der Waals surface area (Å²) in [7, 11) is 0. The van der Waals surface area contributed by atoms with E-state index in [-0.39, 0.29) is 11.8 Å². The van der Waals surface area contributed by atoms with Gasteiger partial charge in [0.2, 0.25) is 5.91 Å². The van der Waals surface area contributed by atoms with Crippen molar-refractivity contribution in [3.63, 3.8) is 0 Å². The van der Waals surface area contributed by atoms with Crippen LogP contribution in [0.5, 0.6) is 0 Å². The van der Waals surface area contributed by atoms with Gasteiger partial charge in [-0.3, -0.25) is 4.79 Å². The highest BCUT2D eigenvalue weighted by atomic mass is 32.2. The fourth-order valence-corrected chi connectivity index (χ4v) is 4.12. The summed E-state index contributed by atoms with van der Waals surface area (Å²) in [5, 5.41) is 13.3. The van der Waals surface area contributed by atoms with E-state index in [1.54, 1.807) is 0 Å². The van der Waals surface area contributed by atoms with Crippen molar-refractivity contribution in [1.82, 2.24) is 5.32 Å². The lowest BCUT2D eigenvalue weighted by Gasteiger charge is -2.31. The Labute approximate surface area is 124 Å². The van der Waals surface area contributed by atoms with Gasteiger partial charge in [-0.2, -0.15) is 11.8 Å². The molecule has 1 heterocycles. The molecule has 2 N–H and O–H groups in total. The number of carbonyl (C=O) groups is 1. The minimum atomic E-state index is -0.682. The van der Waals surface area contributed by atoms with Gasteiger partial charge in [0.15, 0.2) is 0 Å². The lowest BCUT2D eigenvalue weighted by Crippen LogP contribution is -2.45. The van der Waals surface area contributed by atoms with Crippen molar-refractivity contribution in [2.75, 3.05) is 18.1 Å². The first-order valence-electron chi connectivity index (χ1n) is 7.31. The van der Waals surface area contributed by atoms with Crippen LogP contribution >= 0.6 is 11.8 Å². The molecule has 2 fully saturated rings. The zero-order valence-corrected chi connectivity index (χ0v) is 12.4. The Balaban J connectivity index is 1.49. The fourth-order valence-electron chi connectivity index (χ4n) is 2.86. The molecule has 0 spiro atoms. The van der Waals surface area contributed by atoms with Gasteiger partial charge in [-0.25, -0.2) is 0 Å². The number of carbonyl (C=O) groups excluding carboxylic acids is 1. The molecule has 1 saturated carbocycles. The average molecular weight is 291 g/mol. The molecule has 0 aromatic heterocycles. The smallest absolute Gasteiger partial charge is 0.223 e. The van der Waals surface area contributed by atoms with E-state index in [9.17, 15) is 9.90 Å². The SMILES string of the molecule is O=C(NCC1(O)CCSCC1)C1CC1c1ccccc1. The Morgan fingerprint density at radius 2 is 2.00 bits per heavy atom. The third-order valence-corrected chi connectivity index (χ3v) is 5.36. The summed E-state index contributed by atoms with van der Waals surface area (Å²) in [4.78, 5) is 12.1. The molecule has 20 heavy (non-hydrogen) atoms. The monoisotopic (exact) mass is 291 g/mol. The van der Waals surface area contributed by atoms with Crippen molar-refractivity contribution in [1.29, 1.82) is 0 Å². The Kier molecular flexibility index (Phi) is 4.03. The molecular formula is C16H21NO2S. The van der Waals surface area contributed by atoms with Gasteiger partial charge in [-0.15, -0.1) is 0 Å². The van der Waals surface area contributed by atoms with Crippen molar-refractivity contribution in [2.45, 2.75) is 30.8 Å². The van der Waals surface area contributed by atoms with Crippen molar-refractivity contribution in [2.24, 2.45) is 5.92 Å². The molecule has 0 bridgehead atoms. The van der Waals surface area contributed by atoms with Crippen LogP contribution in [-0.4, -0.2) is 34.7 Å². The van der Waals surface area contributed by atoms with Gasteiger partial charge in [-0.05, 0) is 42.2 Å². The molecule has 3 rings (SSSR count). The predicted octanol–water partition coefficient (Wildman–Crippen LogP) is 2.16. The summed E-state index contributed by atoms with van der Waals surface area (Å²) >= 11 is 1.88. The molecule has 1 aliphatic carbocycles. The standard InChI is InChI=1S/C16H21NO2S/c18-15(17-11-16(19)6-8-20-9-7-16)14-10-13(14)12-4-2-1-3-5-12/h1-5,13-14,19H,6-11H2,(H,17,18). The minimum absolute atomic E-state index is 0.0963. The van der Waals surface area contributed by atoms with Crippen LogP contribution in [0.15, 0.2) is 30.3 Å². The van der Waals surface area contributed by atoms with Gasteiger partial charge < -0.3 is 10.4 Å². The van der Waals surface area contributed by atoms with Crippen LogP contribution in [0.25, 0.3) is 0 Å². The van der Waals surface area contributed by atoms with E-state index in [0.717, 1.165) is 30.8 Å². The molecular weight excluding hydrogens is 270 g/mol. The molecule has 108 valence electrons. The maximum atomic E-state index is 12.1. The highest BCUT2D eigenvalue weighted by Crippen LogP contribution is 2.47. The third kappa shape index (κ3) is 3.18. The number of aliphatic hydroxyl groups is 1. The number of thioether (sulfide) groups is 1. The molecule has 0 radical (unpaired) electrons. The second-order valence-corrected chi connectivity index (χ2v) is 7.14. The van der Waals surface area contributed by atoms with Gasteiger partial charge in [-0.1, -0.05) is 30.3 Å². The maximum absolute atomic E-state index is 12.1. The molecule has 2 aliphatic rings. The molecule has 2 unspecified atom stereocenters. The minimum Gasteiger partial charge on any atom is -0.388 e. The Hall–Kier alpha value is -1.00. The Morgan fingerprint density at radius 3 is 2.70 bits per heavy atom. The first-order chi connectivity index (χ1) is 9.68. The van der Waals surface area contributed by atoms with Crippen LogP contribution in [0.2, 0.25) is 0 Å². The van der Waals surface area contributed by atoms with Gasteiger partial charge in [0.1, 0.15) is 0 Å². The summed E-state index contributed by atoms with van der Waals surface area (Å²) < 4.78 is 0. The largest absolute Gasteiger partial charge is 0.388 e. The molecule has 3 nitrogen and oxygen atoms in total. The van der Waals surface area contributed by atoms with Crippen molar-refractivity contribution < 1.29 is 9.90 Å². The van der Waals surface area contributed by atoms with Crippen LogP contribution in [0.4, 0.5) is 0 Å². The van der Waals surface area contributed by atoms with Crippen molar-refractivity contribution in [3.05, 3.63) is 35.9 Å². The van der Waals surface area contributed by atoms with Crippen molar-refractivity contribution in [3.8, 4) is 0 Å². The van der Waals surface area contributed by atoms with Crippen molar-refractivity contribution >= 4 is 17.7 Å². The number of hydrogen-bond acceptors (Lipinski definition) is 3. The van der Waals surface area contributed by atoms with Crippen LogP contribution in [0.3, 0.4) is 0 Å². The summed E-state index contributed by atoms with van der Waals surface area (Å²) in [5.41, 5.74) is 0.568. The molecule has 1 aliphatic heterocycles. The molecule has 1 amide bonds. The van der Waals surface area contributed by atoms with Crippen LogP contribution in [0.1, 0.15) is 30.7 Å². The van der Waals surface area contributed by atoms with Crippen LogP contribution in [-0.2, 0) is 4.79 Å². The Bertz CT molecular complexity index is 471. The molecule has 1 saturated heterocycles. The van der Waals surface area contributed by atoms with E-state index in [2.05, 4.69) is 17.4 Å². The fraction of sp³-hybridized carbons (Fsp3) is 0.562.